The van der Waals surface area contributed by atoms with Crippen molar-refractivity contribution >= 4 is 11.8 Å². The van der Waals surface area contributed by atoms with Crippen LogP contribution in [0.15, 0.2) is 23.1 Å². The largest absolute Gasteiger partial charge is 0.369 e. The minimum Gasteiger partial charge on any atom is -0.369 e. The summed E-state index contributed by atoms with van der Waals surface area (Å²) in [6.07, 6.45) is 2.02. The molecule has 1 fully saturated rings. The van der Waals surface area contributed by atoms with Gasteiger partial charge in [0, 0.05) is 30.9 Å². The second-order valence-corrected chi connectivity index (χ2v) is 4.08. The molecule has 1 aromatic rings. The maximum Gasteiger partial charge on any atom is 0.254 e. The number of pyridine rings is 1. The van der Waals surface area contributed by atoms with Crippen molar-refractivity contribution in [3.8, 4) is 0 Å². The lowest BCUT2D eigenvalue weighted by molar-refractivity contribution is -0.121. The second kappa shape index (κ2) is 4.40. The molecular weight excluding hydrogens is 222 g/mol. The zero-order valence-electron chi connectivity index (χ0n) is 9.18. The molecule has 0 spiro atoms. The maximum atomic E-state index is 12.0. The summed E-state index contributed by atoms with van der Waals surface area (Å²) in [6.45, 7) is 0.834. The van der Waals surface area contributed by atoms with E-state index < -0.39 is 0 Å². The molecule has 90 valence electrons. The van der Waals surface area contributed by atoms with E-state index in [1.165, 1.54) is 12.3 Å². The number of nitrogens with zero attached hydrogens (tertiary/aromatic N) is 1. The molecule has 1 atom stereocenters. The summed E-state index contributed by atoms with van der Waals surface area (Å²) in [5.74, 6) is -0.896. The van der Waals surface area contributed by atoms with Crippen molar-refractivity contribution in [2.24, 2.45) is 11.7 Å². The molecule has 2 rings (SSSR count). The lowest BCUT2D eigenvalue weighted by Gasteiger charge is -2.15. The Kier molecular flexibility index (Phi) is 2.95. The molecule has 1 aromatic heterocycles. The Morgan fingerprint density at radius 3 is 2.82 bits per heavy atom. The Balaban J connectivity index is 2.12. The minimum absolute atomic E-state index is 0.236. The molecule has 2 heterocycles. The summed E-state index contributed by atoms with van der Waals surface area (Å²) in [6, 6.07) is 2.79. The normalized spacial score (nSPS) is 19.3. The van der Waals surface area contributed by atoms with Gasteiger partial charge in [-0.2, -0.15) is 0 Å². The number of likely N-dealkylation sites (tertiary alicyclic amines) is 1. The van der Waals surface area contributed by atoms with Crippen LogP contribution in [0, 0.1) is 5.92 Å². The van der Waals surface area contributed by atoms with E-state index in [-0.39, 0.29) is 23.3 Å². The summed E-state index contributed by atoms with van der Waals surface area (Å²) in [5, 5.41) is 0. The first-order chi connectivity index (χ1) is 8.08. The SMILES string of the molecule is NC(=O)C1CCN(C(=O)c2cc[nH]c(=O)c2)C1. The van der Waals surface area contributed by atoms with Gasteiger partial charge in [0.25, 0.3) is 5.91 Å². The van der Waals surface area contributed by atoms with Crippen molar-refractivity contribution in [2.75, 3.05) is 13.1 Å². The van der Waals surface area contributed by atoms with Crippen LogP contribution in [-0.2, 0) is 4.79 Å². The van der Waals surface area contributed by atoms with Crippen LogP contribution in [0.1, 0.15) is 16.8 Å². The monoisotopic (exact) mass is 235 g/mol. The zero-order chi connectivity index (χ0) is 12.4. The highest BCUT2D eigenvalue weighted by Crippen LogP contribution is 2.17. The molecule has 0 saturated carbocycles. The molecule has 1 aliphatic rings. The third kappa shape index (κ3) is 2.35. The van der Waals surface area contributed by atoms with Crippen LogP contribution >= 0.6 is 0 Å². The molecule has 2 amide bonds. The van der Waals surface area contributed by atoms with Gasteiger partial charge < -0.3 is 15.6 Å². The number of hydrogen-bond donors (Lipinski definition) is 2. The number of amides is 2. The molecule has 0 radical (unpaired) electrons. The Labute approximate surface area is 97.4 Å². The first-order valence-corrected chi connectivity index (χ1v) is 5.35. The molecule has 1 saturated heterocycles. The highest BCUT2D eigenvalue weighted by atomic mass is 16.2. The van der Waals surface area contributed by atoms with Gasteiger partial charge in [0.05, 0.1) is 5.92 Å². The molecule has 0 aliphatic carbocycles. The van der Waals surface area contributed by atoms with Gasteiger partial charge in [-0.25, -0.2) is 0 Å². The van der Waals surface area contributed by atoms with Crippen LogP contribution in [0.4, 0.5) is 0 Å². The van der Waals surface area contributed by atoms with Crippen molar-refractivity contribution in [3.05, 3.63) is 34.2 Å². The van der Waals surface area contributed by atoms with E-state index in [9.17, 15) is 14.4 Å². The smallest absolute Gasteiger partial charge is 0.254 e. The van der Waals surface area contributed by atoms with E-state index in [0.717, 1.165) is 0 Å². The molecule has 0 aromatic carbocycles. The van der Waals surface area contributed by atoms with E-state index >= 15 is 0 Å². The number of H-pyrrole nitrogens is 1. The number of aromatic amines is 1. The number of hydrogen-bond acceptors (Lipinski definition) is 3. The fraction of sp³-hybridized carbons (Fsp3) is 0.364. The zero-order valence-corrected chi connectivity index (χ0v) is 9.18. The maximum absolute atomic E-state index is 12.0. The molecule has 17 heavy (non-hydrogen) atoms. The van der Waals surface area contributed by atoms with E-state index in [2.05, 4.69) is 4.98 Å². The highest BCUT2D eigenvalue weighted by molar-refractivity contribution is 5.94. The fourth-order valence-electron chi connectivity index (χ4n) is 1.94. The molecule has 1 aliphatic heterocycles. The van der Waals surface area contributed by atoms with E-state index in [4.69, 9.17) is 5.73 Å². The Hall–Kier alpha value is -2.11. The Morgan fingerprint density at radius 1 is 1.47 bits per heavy atom. The minimum atomic E-state index is -0.383. The van der Waals surface area contributed by atoms with Crippen LogP contribution in [0.2, 0.25) is 0 Å². The molecular formula is C11H13N3O3. The van der Waals surface area contributed by atoms with Gasteiger partial charge in [-0.15, -0.1) is 0 Å². The molecule has 1 unspecified atom stereocenters. The summed E-state index contributed by atoms with van der Waals surface area (Å²) in [4.78, 5) is 38.0. The first kappa shape index (κ1) is 11.4. The second-order valence-electron chi connectivity index (χ2n) is 4.08. The van der Waals surface area contributed by atoms with Crippen molar-refractivity contribution in [3.63, 3.8) is 0 Å². The average Bonchev–Trinajstić information content (AvgIpc) is 2.77. The number of nitrogens with one attached hydrogen (secondary N) is 1. The van der Waals surface area contributed by atoms with Gasteiger partial charge >= 0.3 is 0 Å². The third-order valence-corrected chi connectivity index (χ3v) is 2.90. The van der Waals surface area contributed by atoms with Crippen molar-refractivity contribution in [2.45, 2.75) is 6.42 Å². The van der Waals surface area contributed by atoms with Crippen LogP contribution in [0.3, 0.4) is 0 Å². The number of carbonyl (C=O) groups is 2. The number of rotatable bonds is 2. The summed E-state index contributed by atoms with van der Waals surface area (Å²) in [7, 11) is 0. The average molecular weight is 235 g/mol. The van der Waals surface area contributed by atoms with Crippen LogP contribution in [0.5, 0.6) is 0 Å². The van der Waals surface area contributed by atoms with Crippen LogP contribution in [-0.4, -0.2) is 34.8 Å². The van der Waals surface area contributed by atoms with Gasteiger partial charge in [-0.1, -0.05) is 0 Å². The number of carbonyl (C=O) groups excluding carboxylic acids is 2. The van der Waals surface area contributed by atoms with Gasteiger partial charge in [0.15, 0.2) is 0 Å². The van der Waals surface area contributed by atoms with Gasteiger partial charge in [0.2, 0.25) is 11.5 Å². The van der Waals surface area contributed by atoms with E-state index in [0.29, 0.717) is 25.1 Å². The topological polar surface area (TPSA) is 96.3 Å². The van der Waals surface area contributed by atoms with Crippen molar-refractivity contribution < 1.29 is 9.59 Å². The Bertz CT molecular complexity index is 509. The quantitative estimate of drug-likeness (QED) is 0.711. The molecule has 0 bridgehead atoms. The fourth-order valence-corrected chi connectivity index (χ4v) is 1.94. The van der Waals surface area contributed by atoms with E-state index in [1.807, 2.05) is 0 Å². The van der Waals surface area contributed by atoms with Crippen LogP contribution in [0.25, 0.3) is 0 Å². The summed E-state index contributed by atoms with van der Waals surface area (Å²) < 4.78 is 0. The first-order valence-electron chi connectivity index (χ1n) is 5.35. The number of nitrogens with two attached hydrogens (primary N) is 1. The number of aromatic nitrogens is 1. The Morgan fingerprint density at radius 2 is 2.24 bits per heavy atom. The summed E-state index contributed by atoms with van der Waals surface area (Å²) >= 11 is 0. The van der Waals surface area contributed by atoms with Crippen molar-refractivity contribution in [1.82, 2.24) is 9.88 Å². The van der Waals surface area contributed by atoms with Crippen molar-refractivity contribution in [1.29, 1.82) is 0 Å². The van der Waals surface area contributed by atoms with Gasteiger partial charge in [-0.3, -0.25) is 14.4 Å². The van der Waals surface area contributed by atoms with Crippen LogP contribution < -0.4 is 11.3 Å². The summed E-state index contributed by atoms with van der Waals surface area (Å²) in [5.41, 5.74) is 5.21. The lowest BCUT2D eigenvalue weighted by atomic mass is 10.1. The van der Waals surface area contributed by atoms with Gasteiger partial charge in [0.1, 0.15) is 0 Å². The third-order valence-electron chi connectivity index (χ3n) is 2.90. The predicted octanol–water partition coefficient (Wildman–Crippen LogP) is -0.678. The highest BCUT2D eigenvalue weighted by Gasteiger charge is 2.30. The lowest BCUT2D eigenvalue weighted by Crippen LogP contribution is -2.32. The molecule has 3 N–H and O–H groups in total. The van der Waals surface area contributed by atoms with E-state index in [1.54, 1.807) is 11.0 Å². The number of primary amides is 1. The molecule has 6 nitrogen and oxygen atoms in total. The predicted molar refractivity (Wildman–Crippen MR) is 60.3 cm³/mol. The van der Waals surface area contributed by atoms with Gasteiger partial charge in [-0.05, 0) is 12.5 Å². The standard InChI is InChI=1S/C11H13N3O3/c12-10(16)8-2-4-14(6-8)11(17)7-1-3-13-9(15)5-7/h1,3,5,8H,2,4,6H2,(H2,12,16)(H,13,15). The molecule has 6 heteroatoms.